The SMILES string of the molecule is CCCCCCCC/C=C\CCCCCCCC(=O)CC(CCN(C)C)C(=O)CCCCCCC/C=C\CCCCCCCC. The topological polar surface area (TPSA) is 37.4 Å². The van der Waals surface area contributed by atoms with Gasteiger partial charge in [-0.15, -0.1) is 0 Å². The number of carbonyl (C=O) groups excluding carboxylic acids is 2. The number of rotatable bonds is 36. The number of ketones is 2. The second kappa shape index (κ2) is 35.6. The van der Waals surface area contributed by atoms with Gasteiger partial charge in [0, 0.05) is 25.2 Å². The lowest BCUT2D eigenvalue weighted by atomic mass is 9.89. The van der Waals surface area contributed by atoms with Crippen LogP contribution >= 0.6 is 0 Å². The van der Waals surface area contributed by atoms with Gasteiger partial charge >= 0.3 is 0 Å². The number of Topliss-reactive ketones (excluding diaryl/α,β-unsaturated/α-hetero) is 2. The highest BCUT2D eigenvalue weighted by atomic mass is 16.1. The standard InChI is InChI=1S/C42H79NO2/c1-5-7-9-11-13-15-17-19-21-23-25-27-29-31-33-35-41(44)39-40(37-38-43(3)4)42(45)36-34-32-30-28-26-24-22-20-18-16-14-12-10-8-6-2/h19-22,40H,5-18,23-39H2,1-4H3/b21-19-,22-20-. The van der Waals surface area contributed by atoms with Crippen molar-refractivity contribution in [2.45, 2.75) is 206 Å². The van der Waals surface area contributed by atoms with E-state index in [-0.39, 0.29) is 5.92 Å². The van der Waals surface area contributed by atoms with Crippen LogP contribution in [0.1, 0.15) is 206 Å². The summed E-state index contributed by atoms with van der Waals surface area (Å²) in [4.78, 5) is 28.0. The highest BCUT2D eigenvalue weighted by molar-refractivity contribution is 5.87. The molecule has 0 aromatic carbocycles. The van der Waals surface area contributed by atoms with Gasteiger partial charge in [-0.2, -0.15) is 0 Å². The second-order valence-corrected chi connectivity index (χ2v) is 14.2. The van der Waals surface area contributed by atoms with Crippen LogP contribution in [-0.2, 0) is 9.59 Å². The van der Waals surface area contributed by atoms with Crippen molar-refractivity contribution in [3.63, 3.8) is 0 Å². The first-order chi connectivity index (χ1) is 22.0. The largest absolute Gasteiger partial charge is 0.309 e. The number of nitrogens with zero attached hydrogens (tertiary/aromatic N) is 1. The molecule has 0 N–H and O–H groups in total. The summed E-state index contributed by atoms with van der Waals surface area (Å²) in [5.41, 5.74) is 0. The van der Waals surface area contributed by atoms with Gasteiger partial charge in [-0.1, -0.05) is 141 Å². The van der Waals surface area contributed by atoms with Crippen LogP contribution in [0.5, 0.6) is 0 Å². The van der Waals surface area contributed by atoms with Crippen LogP contribution in [0.4, 0.5) is 0 Å². The minimum absolute atomic E-state index is 0.0835. The third-order valence-corrected chi connectivity index (χ3v) is 9.26. The molecule has 0 heterocycles. The molecule has 0 aliphatic heterocycles. The quantitative estimate of drug-likeness (QED) is 0.0511. The van der Waals surface area contributed by atoms with E-state index in [1.807, 2.05) is 0 Å². The van der Waals surface area contributed by atoms with Crippen molar-refractivity contribution >= 4 is 11.6 Å². The fourth-order valence-electron chi connectivity index (χ4n) is 6.13. The van der Waals surface area contributed by atoms with E-state index in [1.165, 1.54) is 141 Å². The van der Waals surface area contributed by atoms with Gasteiger partial charge in [0.2, 0.25) is 0 Å². The van der Waals surface area contributed by atoms with Gasteiger partial charge in [0.15, 0.2) is 0 Å². The van der Waals surface area contributed by atoms with E-state index < -0.39 is 0 Å². The monoisotopic (exact) mass is 630 g/mol. The molecule has 0 saturated heterocycles. The summed E-state index contributed by atoms with van der Waals surface area (Å²) >= 11 is 0. The molecule has 0 aromatic rings. The zero-order valence-corrected chi connectivity index (χ0v) is 31.1. The summed E-state index contributed by atoms with van der Waals surface area (Å²) in [5, 5.41) is 0. The lowest BCUT2D eigenvalue weighted by Crippen LogP contribution is -2.24. The predicted octanol–water partition coefficient (Wildman–Crippen LogP) is 13.2. The molecule has 3 heteroatoms. The van der Waals surface area contributed by atoms with Crippen molar-refractivity contribution in [1.29, 1.82) is 0 Å². The highest BCUT2D eigenvalue weighted by Crippen LogP contribution is 2.19. The van der Waals surface area contributed by atoms with Crippen molar-refractivity contribution < 1.29 is 9.59 Å². The molecule has 0 bridgehead atoms. The molecule has 0 saturated carbocycles. The van der Waals surface area contributed by atoms with Gasteiger partial charge in [0.25, 0.3) is 0 Å². The van der Waals surface area contributed by atoms with E-state index in [0.29, 0.717) is 30.8 Å². The molecule has 264 valence electrons. The average Bonchev–Trinajstić information content (AvgIpc) is 3.02. The Labute approximate surface area is 282 Å². The molecule has 1 atom stereocenters. The van der Waals surface area contributed by atoms with E-state index in [0.717, 1.165) is 38.6 Å². The Morgan fingerprint density at radius 2 is 0.844 bits per heavy atom. The van der Waals surface area contributed by atoms with Crippen LogP contribution in [0.25, 0.3) is 0 Å². The van der Waals surface area contributed by atoms with E-state index >= 15 is 0 Å². The average molecular weight is 630 g/mol. The van der Waals surface area contributed by atoms with Gasteiger partial charge in [-0.05, 0) is 91.3 Å². The maximum atomic E-state index is 13.1. The van der Waals surface area contributed by atoms with Gasteiger partial charge in [-0.25, -0.2) is 0 Å². The Hall–Kier alpha value is -1.22. The summed E-state index contributed by atoms with van der Waals surface area (Å²) in [7, 11) is 4.11. The number of allylic oxidation sites excluding steroid dienone is 4. The molecule has 0 radical (unpaired) electrons. The van der Waals surface area contributed by atoms with Crippen LogP contribution in [0.2, 0.25) is 0 Å². The van der Waals surface area contributed by atoms with Gasteiger partial charge in [-0.3, -0.25) is 9.59 Å². The number of hydrogen-bond donors (Lipinski definition) is 0. The van der Waals surface area contributed by atoms with Crippen molar-refractivity contribution in [1.82, 2.24) is 4.90 Å². The Kier molecular flexibility index (Phi) is 34.7. The molecule has 0 aliphatic carbocycles. The fraction of sp³-hybridized carbons (Fsp3) is 0.857. The first-order valence-corrected chi connectivity index (χ1v) is 20.0. The molecule has 0 amide bonds. The van der Waals surface area contributed by atoms with Crippen LogP contribution in [0.3, 0.4) is 0 Å². The van der Waals surface area contributed by atoms with Crippen LogP contribution in [-0.4, -0.2) is 37.1 Å². The summed E-state index contributed by atoms with van der Waals surface area (Å²) < 4.78 is 0. The van der Waals surface area contributed by atoms with Gasteiger partial charge in [0.05, 0.1) is 0 Å². The summed E-state index contributed by atoms with van der Waals surface area (Å²) in [5.74, 6) is 0.543. The Morgan fingerprint density at radius 1 is 0.489 bits per heavy atom. The summed E-state index contributed by atoms with van der Waals surface area (Å²) in [6, 6.07) is 0. The number of carbonyl (C=O) groups is 2. The number of unbranched alkanes of at least 4 members (excludes halogenated alkanes) is 22. The van der Waals surface area contributed by atoms with E-state index in [2.05, 4.69) is 57.1 Å². The van der Waals surface area contributed by atoms with Gasteiger partial charge < -0.3 is 4.90 Å². The Balaban J connectivity index is 3.91. The molecule has 0 aliphatic rings. The van der Waals surface area contributed by atoms with E-state index in [4.69, 9.17) is 0 Å². The van der Waals surface area contributed by atoms with Crippen molar-refractivity contribution in [2.75, 3.05) is 20.6 Å². The molecule has 0 aromatic heterocycles. The zero-order valence-electron chi connectivity index (χ0n) is 31.1. The van der Waals surface area contributed by atoms with Crippen molar-refractivity contribution in [2.24, 2.45) is 5.92 Å². The Bertz CT molecular complexity index is 695. The first-order valence-electron chi connectivity index (χ1n) is 20.0. The normalized spacial score (nSPS) is 12.6. The van der Waals surface area contributed by atoms with E-state index in [1.54, 1.807) is 0 Å². The second-order valence-electron chi connectivity index (χ2n) is 14.2. The van der Waals surface area contributed by atoms with E-state index in [9.17, 15) is 9.59 Å². The van der Waals surface area contributed by atoms with Gasteiger partial charge in [0.1, 0.15) is 11.6 Å². The first kappa shape index (κ1) is 43.8. The molecule has 45 heavy (non-hydrogen) atoms. The van der Waals surface area contributed by atoms with Crippen LogP contribution < -0.4 is 0 Å². The molecular weight excluding hydrogens is 550 g/mol. The molecule has 0 rings (SSSR count). The highest BCUT2D eigenvalue weighted by Gasteiger charge is 2.21. The predicted molar refractivity (Wildman–Crippen MR) is 200 cm³/mol. The maximum absolute atomic E-state index is 13.1. The summed E-state index contributed by atoms with van der Waals surface area (Å²) in [6.45, 7) is 5.43. The minimum atomic E-state index is -0.0835. The lowest BCUT2D eigenvalue weighted by Gasteiger charge is -2.18. The smallest absolute Gasteiger partial charge is 0.136 e. The van der Waals surface area contributed by atoms with Crippen molar-refractivity contribution in [3.8, 4) is 0 Å². The minimum Gasteiger partial charge on any atom is -0.309 e. The fourth-order valence-corrected chi connectivity index (χ4v) is 6.13. The lowest BCUT2D eigenvalue weighted by molar-refractivity contribution is -0.128. The molecule has 3 nitrogen and oxygen atoms in total. The van der Waals surface area contributed by atoms with Crippen LogP contribution in [0.15, 0.2) is 24.3 Å². The Morgan fingerprint density at radius 3 is 1.24 bits per heavy atom. The molecular formula is C42H79NO2. The zero-order chi connectivity index (χ0) is 33.1. The molecule has 0 fully saturated rings. The number of hydrogen-bond acceptors (Lipinski definition) is 3. The van der Waals surface area contributed by atoms with Crippen molar-refractivity contribution in [3.05, 3.63) is 24.3 Å². The maximum Gasteiger partial charge on any atom is 0.136 e. The summed E-state index contributed by atoms with van der Waals surface area (Å²) in [6.07, 6.45) is 45.1. The van der Waals surface area contributed by atoms with Crippen LogP contribution in [0, 0.1) is 5.92 Å². The molecule has 1 unspecified atom stereocenters. The molecule has 0 spiro atoms. The third-order valence-electron chi connectivity index (χ3n) is 9.26. The third kappa shape index (κ3) is 33.9.